The smallest absolute Gasteiger partial charge is 0.310 e. The Morgan fingerprint density at radius 2 is 1.85 bits per heavy atom. The third-order valence-electron chi connectivity index (χ3n) is 4.75. The van der Waals surface area contributed by atoms with Gasteiger partial charge in [-0.15, -0.1) is 0 Å². The minimum atomic E-state index is -0.570. The van der Waals surface area contributed by atoms with E-state index in [1.807, 2.05) is 12.2 Å². The Morgan fingerprint density at radius 1 is 1.23 bits per heavy atom. The Kier molecular flexibility index (Phi) is 5.08. The molecule has 1 saturated carbocycles. The fourth-order valence-electron chi connectivity index (χ4n) is 3.64. The molecule has 26 heavy (non-hydrogen) atoms. The molecule has 1 fully saturated rings. The molecule has 0 spiro atoms. The summed E-state index contributed by atoms with van der Waals surface area (Å²) in [5.74, 6) is -1.95. The molecule has 4 atom stereocenters. The molecular formula is C18H17ClN2O5. The van der Waals surface area contributed by atoms with E-state index in [4.69, 9.17) is 16.3 Å². The van der Waals surface area contributed by atoms with Crippen LogP contribution in [-0.4, -0.2) is 23.4 Å². The highest BCUT2D eigenvalue weighted by atomic mass is 35.5. The number of anilines is 1. The lowest BCUT2D eigenvalue weighted by Crippen LogP contribution is -2.37. The van der Waals surface area contributed by atoms with Crippen LogP contribution in [0.15, 0.2) is 48.0 Å². The van der Waals surface area contributed by atoms with Gasteiger partial charge in [-0.25, -0.2) is 0 Å². The van der Waals surface area contributed by atoms with Gasteiger partial charge in [0.05, 0.1) is 16.8 Å². The van der Waals surface area contributed by atoms with Gasteiger partial charge in [0.25, 0.3) is 5.69 Å². The number of nitro benzene ring substituents is 1. The molecule has 1 aromatic rings. The number of nitrogens with one attached hydrogen (secondary N) is 1. The van der Waals surface area contributed by atoms with Crippen LogP contribution in [0, 0.1) is 33.8 Å². The molecule has 2 aliphatic carbocycles. The number of amides is 1. The third kappa shape index (κ3) is 3.62. The molecule has 0 unspecified atom stereocenters. The van der Waals surface area contributed by atoms with E-state index in [0.717, 1.165) is 6.42 Å². The average Bonchev–Trinajstić information content (AvgIpc) is 3.21. The fourth-order valence-corrected chi connectivity index (χ4v) is 3.69. The van der Waals surface area contributed by atoms with Crippen molar-refractivity contribution in [3.63, 3.8) is 0 Å². The van der Waals surface area contributed by atoms with Gasteiger partial charge in [-0.1, -0.05) is 30.3 Å². The van der Waals surface area contributed by atoms with Crippen molar-refractivity contribution in [1.82, 2.24) is 0 Å². The molecule has 0 radical (unpaired) electrons. The van der Waals surface area contributed by atoms with Crippen molar-refractivity contribution in [2.75, 3.05) is 11.9 Å². The lowest BCUT2D eigenvalue weighted by molar-refractivity contribution is -0.384. The van der Waals surface area contributed by atoms with Gasteiger partial charge in [-0.05, 0) is 30.4 Å². The van der Waals surface area contributed by atoms with Crippen LogP contribution in [0.2, 0.25) is 0 Å². The maximum Gasteiger partial charge on any atom is 0.310 e. The maximum atomic E-state index is 12.7. The normalized spacial score (nSPS) is 25.7. The van der Waals surface area contributed by atoms with Crippen molar-refractivity contribution in [2.24, 2.45) is 23.7 Å². The molecule has 0 aromatic heterocycles. The molecule has 1 N–H and O–H groups in total. The van der Waals surface area contributed by atoms with Crippen molar-refractivity contribution >= 4 is 34.9 Å². The first-order valence-corrected chi connectivity index (χ1v) is 8.48. The summed E-state index contributed by atoms with van der Waals surface area (Å²) in [7, 11) is 0. The van der Waals surface area contributed by atoms with E-state index in [9.17, 15) is 19.7 Å². The predicted octanol–water partition coefficient (Wildman–Crippen LogP) is 3.27. The number of ether oxygens (including phenoxy) is 1. The first-order valence-electron chi connectivity index (χ1n) is 8.10. The van der Waals surface area contributed by atoms with Crippen LogP contribution in [0.3, 0.4) is 0 Å². The Balaban J connectivity index is 1.72. The Labute approximate surface area is 154 Å². The number of benzene rings is 1. The molecule has 2 bridgehead atoms. The molecule has 8 heteroatoms. The predicted molar refractivity (Wildman–Crippen MR) is 95.4 cm³/mol. The minimum absolute atomic E-state index is 0.0326. The molecule has 0 aliphatic heterocycles. The van der Waals surface area contributed by atoms with Crippen LogP contribution in [-0.2, 0) is 14.3 Å². The quantitative estimate of drug-likeness (QED) is 0.355. The van der Waals surface area contributed by atoms with Gasteiger partial charge in [0.15, 0.2) is 0 Å². The number of carbonyl (C=O) groups excluding carboxylic acids is 2. The zero-order chi connectivity index (χ0) is 18.8. The second-order valence-electron chi connectivity index (χ2n) is 6.42. The summed E-state index contributed by atoms with van der Waals surface area (Å²) in [6.07, 6.45) is 4.62. The van der Waals surface area contributed by atoms with E-state index in [0.29, 0.717) is 5.69 Å². The lowest BCUT2D eigenvalue weighted by atomic mass is 9.82. The first kappa shape index (κ1) is 18.1. The highest BCUT2D eigenvalue weighted by molar-refractivity contribution is 6.29. The van der Waals surface area contributed by atoms with E-state index in [2.05, 4.69) is 11.9 Å². The van der Waals surface area contributed by atoms with E-state index in [-0.39, 0.29) is 35.1 Å². The molecule has 7 nitrogen and oxygen atoms in total. The van der Waals surface area contributed by atoms with Crippen LogP contribution in [0.25, 0.3) is 0 Å². The zero-order valence-corrected chi connectivity index (χ0v) is 14.5. The van der Waals surface area contributed by atoms with Crippen molar-refractivity contribution in [3.05, 3.63) is 58.1 Å². The van der Waals surface area contributed by atoms with Gasteiger partial charge in [-0.2, -0.15) is 0 Å². The molecule has 2 aliphatic rings. The van der Waals surface area contributed by atoms with Gasteiger partial charge in [0, 0.05) is 22.9 Å². The minimum Gasteiger partial charge on any atom is -0.460 e. The van der Waals surface area contributed by atoms with Gasteiger partial charge < -0.3 is 10.1 Å². The SMILES string of the molecule is C=C(Cl)COC(=O)[C@@H]1[C@@H](C(=O)Nc2ccc([N+](=O)[O-])cc2)[C@@H]2C=C[C@@H]1C2. The second kappa shape index (κ2) is 7.29. The summed E-state index contributed by atoms with van der Waals surface area (Å²) in [5.41, 5.74) is 0.377. The van der Waals surface area contributed by atoms with Crippen LogP contribution >= 0.6 is 11.6 Å². The van der Waals surface area contributed by atoms with Crippen molar-refractivity contribution in [2.45, 2.75) is 6.42 Å². The number of nitrogens with zero attached hydrogens (tertiary/aromatic N) is 1. The number of allylic oxidation sites excluding steroid dienone is 2. The van der Waals surface area contributed by atoms with Crippen molar-refractivity contribution in [1.29, 1.82) is 0 Å². The van der Waals surface area contributed by atoms with Gasteiger partial charge in [0.2, 0.25) is 5.91 Å². The van der Waals surface area contributed by atoms with E-state index >= 15 is 0 Å². The summed E-state index contributed by atoms with van der Waals surface area (Å²) in [6.45, 7) is 3.39. The number of nitro groups is 1. The Morgan fingerprint density at radius 3 is 2.42 bits per heavy atom. The van der Waals surface area contributed by atoms with Gasteiger partial charge in [0.1, 0.15) is 6.61 Å². The first-order chi connectivity index (χ1) is 12.4. The summed E-state index contributed by atoms with van der Waals surface area (Å²) in [4.78, 5) is 35.4. The summed E-state index contributed by atoms with van der Waals surface area (Å²) in [5, 5.41) is 13.7. The van der Waals surface area contributed by atoms with E-state index in [1.54, 1.807) is 0 Å². The zero-order valence-electron chi connectivity index (χ0n) is 13.8. The van der Waals surface area contributed by atoms with Crippen LogP contribution in [0.1, 0.15) is 6.42 Å². The van der Waals surface area contributed by atoms with E-state index in [1.165, 1.54) is 24.3 Å². The number of non-ortho nitro benzene ring substituents is 1. The molecule has 3 rings (SSSR count). The average molecular weight is 377 g/mol. The fraction of sp³-hybridized carbons (Fsp3) is 0.333. The molecule has 0 saturated heterocycles. The largest absolute Gasteiger partial charge is 0.460 e. The van der Waals surface area contributed by atoms with Crippen molar-refractivity contribution in [3.8, 4) is 0 Å². The van der Waals surface area contributed by atoms with Gasteiger partial charge in [-0.3, -0.25) is 19.7 Å². The molecule has 1 aromatic carbocycles. The number of esters is 1. The molecule has 0 heterocycles. The summed E-state index contributed by atoms with van der Waals surface area (Å²) in [6, 6.07) is 5.55. The number of halogens is 1. The van der Waals surface area contributed by atoms with Crippen molar-refractivity contribution < 1.29 is 19.2 Å². The molecule has 136 valence electrons. The summed E-state index contributed by atoms with van der Waals surface area (Å²) < 4.78 is 5.15. The number of hydrogen-bond donors (Lipinski definition) is 1. The Bertz CT molecular complexity index is 789. The molecule has 1 amide bonds. The van der Waals surface area contributed by atoms with E-state index < -0.39 is 22.7 Å². The van der Waals surface area contributed by atoms with Crippen LogP contribution in [0.4, 0.5) is 11.4 Å². The number of carbonyl (C=O) groups is 2. The van der Waals surface area contributed by atoms with Crippen LogP contribution in [0.5, 0.6) is 0 Å². The Hall–Kier alpha value is -2.67. The number of rotatable bonds is 6. The second-order valence-corrected chi connectivity index (χ2v) is 6.95. The molecular weight excluding hydrogens is 360 g/mol. The lowest BCUT2D eigenvalue weighted by Gasteiger charge is -2.25. The topological polar surface area (TPSA) is 98.5 Å². The number of fused-ring (bicyclic) bond motifs is 2. The van der Waals surface area contributed by atoms with Gasteiger partial charge >= 0.3 is 5.97 Å². The summed E-state index contributed by atoms with van der Waals surface area (Å²) >= 11 is 5.64. The van der Waals surface area contributed by atoms with Crippen LogP contribution < -0.4 is 5.32 Å². The third-order valence-corrected chi connectivity index (χ3v) is 4.86. The maximum absolute atomic E-state index is 12.7. The monoisotopic (exact) mass is 376 g/mol. The highest BCUT2D eigenvalue weighted by Gasteiger charge is 2.52. The highest BCUT2D eigenvalue weighted by Crippen LogP contribution is 2.49. The standard InChI is InChI=1S/C18H17ClN2O5/c1-10(19)9-26-18(23)16-12-3-2-11(8-12)15(16)17(22)20-13-4-6-14(7-5-13)21(24)25/h2-7,11-12,15-16H,1,8-9H2,(H,20,22)/t11-,12-,15+,16+/m1/s1. The number of hydrogen-bond acceptors (Lipinski definition) is 5.